The fraction of sp³-hybridized carbons (Fsp3) is 0.0667. The first-order valence-electron chi connectivity index (χ1n) is 16.5. The van der Waals surface area contributed by atoms with E-state index in [0.29, 0.717) is 0 Å². The first kappa shape index (κ1) is 27.5. The standard InChI is InChI=1S/C45H34N2/c1-2-47-42-27-26-36(29-41(42)46-45(47)33-23-20-32(21-24-33)30-12-4-3-5-13-30)44-39-18-10-8-16-37(39)43(38-17-9-11-19-40(38)44)35-25-22-31-14-6-7-15-34(31)28-35/h3-29,45-46H,2H2,1H3. The summed E-state index contributed by atoms with van der Waals surface area (Å²) in [6.07, 6.45) is 0.0823. The molecule has 1 atom stereocenters. The minimum atomic E-state index is 0.0823. The maximum absolute atomic E-state index is 3.90. The van der Waals surface area contributed by atoms with Crippen LogP contribution in [0.5, 0.6) is 0 Å². The van der Waals surface area contributed by atoms with E-state index in [0.717, 1.165) is 6.54 Å². The molecule has 1 unspecified atom stereocenters. The summed E-state index contributed by atoms with van der Waals surface area (Å²) < 4.78 is 0. The number of benzene rings is 8. The number of nitrogens with zero attached hydrogens (tertiary/aromatic N) is 1. The first-order valence-corrected chi connectivity index (χ1v) is 16.5. The van der Waals surface area contributed by atoms with Crippen LogP contribution in [0.1, 0.15) is 18.7 Å². The lowest BCUT2D eigenvalue weighted by Crippen LogP contribution is -2.27. The second-order valence-electron chi connectivity index (χ2n) is 12.5. The highest BCUT2D eigenvalue weighted by Gasteiger charge is 2.29. The van der Waals surface area contributed by atoms with Gasteiger partial charge in [-0.15, -0.1) is 0 Å². The predicted molar refractivity (Wildman–Crippen MR) is 201 cm³/mol. The Morgan fingerprint density at radius 3 is 1.62 bits per heavy atom. The van der Waals surface area contributed by atoms with Crippen molar-refractivity contribution in [2.45, 2.75) is 13.1 Å². The van der Waals surface area contributed by atoms with Gasteiger partial charge in [-0.05, 0) is 96.4 Å². The molecule has 0 fully saturated rings. The number of rotatable bonds is 5. The molecule has 8 aromatic carbocycles. The normalized spacial score (nSPS) is 14.1. The zero-order chi connectivity index (χ0) is 31.3. The molecule has 0 bridgehead atoms. The SMILES string of the molecule is CCN1c2ccc(-c3c4ccccc4c(-c4ccc5ccccc5c4)c4ccccc34)cc2NC1c1ccc(-c2ccccc2)cc1. The number of hydrogen-bond donors (Lipinski definition) is 1. The number of fused-ring (bicyclic) bond motifs is 4. The van der Waals surface area contributed by atoms with Gasteiger partial charge in [0.25, 0.3) is 0 Å². The maximum atomic E-state index is 3.90. The zero-order valence-corrected chi connectivity index (χ0v) is 26.3. The third-order valence-electron chi connectivity index (χ3n) is 9.84. The van der Waals surface area contributed by atoms with Gasteiger partial charge in [0.15, 0.2) is 0 Å². The van der Waals surface area contributed by atoms with Gasteiger partial charge in [-0.1, -0.05) is 146 Å². The molecule has 0 aliphatic carbocycles. The van der Waals surface area contributed by atoms with E-state index in [4.69, 9.17) is 0 Å². The highest BCUT2D eigenvalue weighted by Crippen LogP contribution is 2.47. The topological polar surface area (TPSA) is 15.3 Å². The van der Waals surface area contributed by atoms with Gasteiger partial charge in [-0.2, -0.15) is 0 Å². The molecule has 1 N–H and O–H groups in total. The van der Waals surface area contributed by atoms with Crippen LogP contribution in [0.2, 0.25) is 0 Å². The molecule has 0 spiro atoms. The molecule has 0 aromatic heterocycles. The van der Waals surface area contributed by atoms with Crippen molar-refractivity contribution in [3.8, 4) is 33.4 Å². The van der Waals surface area contributed by atoms with Crippen molar-refractivity contribution >= 4 is 43.7 Å². The van der Waals surface area contributed by atoms with Crippen LogP contribution in [0.3, 0.4) is 0 Å². The van der Waals surface area contributed by atoms with Crippen LogP contribution in [0.15, 0.2) is 164 Å². The largest absolute Gasteiger partial charge is 0.360 e. The Kier molecular flexibility index (Phi) is 6.53. The third-order valence-corrected chi connectivity index (χ3v) is 9.84. The van der Waals surface area contributed by atoms with Crippen molar-refractivity contribution in [1.82, 2.24) is 0 Å². The van der Waals surface area contributed by atoms with Crippen LogP contribution >= 0.6 is 0 Å². The van der Waals surface area contributed by atoms with E-state index in [1.807, 2.05) is 0 Å². The van der Waals surface area contributed by atoms with Crippen LogP contribution in [0.4, 0.5) is 11.4 Å². The fourth-order valence-electron chi connectivity index (χ4n) is 7.62. The summed E-state index contributed by atoms with van der Waals surface area (Å²) in [6, 6.07) is 59.9. The van der Waals surface area contributed by atoms with Gasteiger partial charge >= 0.3 is 0 Å². The summed E-state index contributed by atoms with van der Waals surface area (Å²) >= 11 is 0. The van der Waals surface area contributed by atoms with Gasteiger partial charge in [0.2, 0.25) is 0 Å². The summed E-state index contributed by atoms with van der Waals surface area (Å²) in [4.78, 5) is 2.47. The minimum Gasteiger partial charge on any atom is -0.360 e. The van der Waals surface area contributed by atoms with E-state index in [1.54, 1.807) is 0 Å². The summed E-state index contributed by atoms with van der Waals surface area (Å²) in [5.41, 5.74) is 11.2. The van der Waals surface area contributed by atoms with Gasteiger partial charge in [-0.3, -0.25) is 0 Å². The number of anilines is 2. The van der Waals surface area contributed by atoms with E-state index in [9.17, 15) is 0 Å². The van der Waals surface area contributed by atoms with E-state index in [-0.39, 0.29) is 6.17 Å². The Hall–Kier alpha value is -5.86. The molecule has 9 rings (SSSR count). The number of nitrogens with one attached hydrogen (secondary N) is 1. The van der Waals surface area contributed by atoms with Crippen molar-refractivity contribution in [1.29, 1.82) is 0 Å². The van der Waals surface area contributed by atoms with Crippen molar-refractivity contribution in [2.24, 2.45) is 0 Å². The average molecular weight is 603 g/mol. The molecule has 47 heavy (non-hydrogen) atoms. The molecule has 8 aromatic rings. The number of hydrogen-bond acceptors (Lipinski definition) is 2. The molecule has 0 saturated carbocycles. The Bertz CT molecular complexity index is 2370. The molecule has 2 nitrogen and oxygen atoms in total. The molecule has 224 valence electrons. The molecule has 0 radical (unpaired) electrons. The van der Waals surface area contributed by atoms with Gasteiger partial charge in [0, 0.05) is 6.54 Å². The van der Waals surface area contributed by atoms with E-state index in [2.05, 4.69) is 181 Å². The second-order valence-corrected chi connectivity index (χ2v) is 12.5. The van der Waals surface area contributed by atoms with Crippen LogP contribution in [-0.2, 0) is 0 Å². The van der Waals surface area contributed by atoms with Gasteiger partial charge in [0.05, 0.1) is 11.4 Å². The Labute approximate surface area is 275 Å². The van der Waals surface area contributed by atoms with E-state index < -0.39 is 0 Å². The van der Waals surface area contributed by atoms with Crippen LogP contribution in [-0.4, -0.2) is 6.54 Å². The summed E-state index contributed by atoms with van der Waals surface area (Å²) in [7, 11) is 0. The lowest BCUT2D eigenvalue weighted by Gasteiger charge is -2.26. The highest BCUT2D eigenvalue weighted by molar-refractivity contribution is 6.22. The molecule has 2 heteroatoms. The molecule has 1 aliphatic rings. The molecular weight excluding hydrogens is 569 g/mol. The smallest absolute Gasteiger partial charge is 0.126 e. The maximum Gasteiger partial charge on any atom is 0.126 e. The molecular formula is C45H34N2. The fourth-order valence-corrected chi connectivity index (χ4v) is 7.62. The van der Waals surface area contributed by atoms with Crippen molar-refractivity contribution in [3.05, 3.63) is 169 Å². The van der Waals surface area contributed by atoms with E-state index >= 15 is 0 Å². The quantitative estimate of drug-likeness (QED) is 0.197. The highest BCUT2D eigenvalue weighted by atomic mass is 15.3. The van der Waals surface area contributed by atoms with Crippen molar-refractivity contribution in [3.63, 3.8) is 0 Å². The van der Waals surface area contributed by atoms with Crippen molar-refractivity contribution in [2.75, 3.05) is 16.8 Å². The minimum absolute atomic E-state index is 0.0823. The lowest BCUT2D eigenvalue weighted by molar-refractivity contribution is 0.735. The van der Waals surface area contributed by atoms with Crippen LogP contribution < -0.4 is 10.2 Å². The zero-order valence-electron chi connectivity index (χ0n) is 26.3. The van der Waals surface area contributed by atoms with Gasteiger partial charge < -0.3 is 10.2 Å². The Balaban J connectivity index is 1.16. The van der Waals surface area contributed by atoms with Crippen LogP contribution in [0, 0.1) is 0 Å². The lowest BCUT2D eigenvalue weighted by atomic mass is 9.85. The summed E-state index contributed by atoms with van der Waals surface area (Å²) in [6.45, 7) is 3.15. The third kappa shape index (κ3) is 4.56. The first-order chi connectivity index (χ1) is 23.3. The van der Waals surface area contributed by atoms with Crippen molar-refractivity contribution < 1.29 is 0 Å². The second kappa shape index (κ2) is 11.2. The Morgan fingerprint density at radius 2 is 0.979 bits per heavy atom. The van der Waals surface area contributed by atoms with Gasteiger partial charge in [-0.25, -0.2) is 0 Å². The summed E-state index contributed by atoms with van der Waals surface area (Å²) in [5.74, 6) is 0. The molecule has 1 aliphatic heterocycles. The van der Waals surface area contributed by atoms with Gasteiger partial charge in [0.1, 0.15) is 6.17 Å². The monoisotopic (exact) mass is 602 g/mol. The predicted octanol–water partition coefficient (Wildman–Crippen LogP) is 12.1. The van der Waals surface area contributed by atoms with Crippen LogP contribution in [0.25, 0.3) is 65.7 Å². The summed E-state index contributed by atoms with van der Waals surface area (Å²) in [5, 5.41) is 11.5. The average Bonchev–Trinajstić information content (AvgIpc) is 3.52. The van der Waals surface area contributed by atoms with E-state index in [1.165, 1.54) is 82.6 Å². The molecule has 1 heterocycles. The Morgan fingerprint density at radius 1 is 0.468 bits per heavy atom. The molecule has 0 saturated heterocycles. The molecule has 0 amide bonds.